The molecule has 4 heterocycles. The molecular weight excluding hydrogens is 366 g/mol. The predicted molar refractivity (Wildman–Crippen MR) is 112 cm³/mol. The molecule has 0 unspecified atom stereocenters. The average Bonchev–Trinajstić information content (AvgIpc) is 3.01. The third-order valence-electron chi connectivity index (χ3n) is 5.43. The Balaban J connectivity index is 1.31. The van der Waals surface area contributed by atoms with E-state index in [4.69, 9.17) is 14.5 Å². The fourth-order valence-corrected chi connectivity index (χ4v) is 4.09. The van der Waals surface area contributed by atoms with Gasteiger partial charge in [-0.1, -0.05) is 0 Å². The fraction of sp³-hybridized carbons (Fsp3) is 0.455. The minimum Gasteiger partial charge on any atom is -0.491 e. The molecule has 1 aromatic carbocycles. The number of hydrogen-bond donors (Lipinski definition) is 1. The number of aromatic nitrogens is 3. The monoisotopic (exact) mass is 393 g/mol. The normalized spacial score (nSPS) is 17.1. The lowest BCUT2D eigenvalue weighted by Gasteiger charge is -2.41. The van der Waals surface area contributed by atoms with Crippen molar-refractivity contribution >= 4 is 11.5 Å². The Hall–Kier alpha value is -2.80. The molecule has 152 valence electrons. The van der Waals surface area contributed by atoms with E-state index in [-0.39, 0.29) is 12.2 Å². The molecule has 0 saturated carbocycles. The SMILES string of the molecule is CC(C)Oc1ccc(OC2CN(c3c4c(nc5ccnn35)CCNCC4)C2)cc1. The van der Waals surface area contributed by atoms with Gasteiger partial charge in [0.05, 0.1) is 31.1 Å². The molecule has 3 aromatic rings. The molecule has 0 atom stereocenters. The number of anilines is 1. The Morgan fingerprint density at radius 2 is 1.79 bits per heavy atom. The molecular formula is C22H27N5O2. The smallest absolute Gasteiger partial charge is 0.157 e. The van der Waals surface area contributed by atoms with Crippen LogP contribution in [0.25, 0.3) is 5.65 Å². The van der Waals surface area contributed by atoms with Crippen molar-refractivity contribution in [2.75, 3.05) is 31.1 Å². The molecule has 2 aliphatic rings. The first-order valence-corrected chi connectivity index (χ1v) is 10.4. The summed E-state index contributed by atoms with van der Waals surface area (Å²) < 4.78 is 13.9. The maximum absolute atomic E-state index is 6.17. The maximum atomic E-state index is 6.17. The second-order valence-electron chi connectivity index (χ2n) is 7.99. The van der Waals surface area contributed by atoms with E-state index >= 15 is 0 Å². The molecule has 1 fully saturated rings. The number of hydrogen-bond acceptors (Lipinski definition) is 6. The summed E-state index contributed by atoms with van der Waals surface area (Å²) in [6, 6.07) is 9.88. The lowest BCUT2D eigenvalue weighted by Crippen LogP contribution is -2.55. The second-order valence-corrected chi connectivity index (χ2v) is 7.99. The first-order valence-electron chi connectivity index (χ1n) is 10.4. The van der Waals surface area contributed by atoms with Crippen molar-refractivity contribution < 1.29 is 9.47 Å². The summed E-state index contributed by atoms with van der Waals surface area (Å²) in [6.07, 6.45) is 4.12. The molecule has 2 aromatic heterocycles. The lowest BCUT2D eigenvalue weighted by atomic mass is 10.1. The van der Waals surface area contributed by atoms with Crippen molar-refractivity contribution in [1.82, 2.24) is 19.9 Å². The highest BCUT2D eigenvalue weighted by molar-refractivity contribution is 5.59. The topological polar surface area (TPSA) is 63.9 Å². The van der Waals surface area contributed by atoms with Gasteiger partial charge in [0.1, 0.15) is 23.4 Å². The first-order chi connectivity index (χ1) is 14.2. The Labute approximate surface area is 170 Å². The number of benzene rings is 1. The van der Waals surface area contributed by atoms with Gasteiger partial charge in [0.2, 0.25) is 0 Å². The average molecular weight is 393 g/mol. The van der Waals surface area contributed by atoms with Gasteiger partial charge in [-0.25, -0.2) is 4.98 Å². The van der Waals surface area contributed by atoms with E-state index in [0.29, 0.717) is 0 Å². The molecule has 0 radical (unpaired) electrons. The van der Waals surface area contributed by atoms with Crippen LogP contribution >= 0.6 is 0 Å². The molecule has 0 aliphatic carbocycles. The summed E-state index contributed by atoms with van der Waals surface area (Å²) in [7, 11) is 0. The van der Waals surface area contributed by atoms with Gasteiger partial charge in [0.15, 0.2) is 5.65 Å². The highest BCUT2D eigenvalue weighted by atomic mass is 16.5. The molecule has 2 aliphatic heterocycles. The van der Waals surface area contributed by atoms with Crippen LogP contribution in [0.5, 0.6) is 11.5 Å². The largest absolute Gasteiger partial charge is 0.491 e. The molecule has 7 nitrogen and oxygen atoms in total. The van der Waals surface area contributed by atoms with Crippen molar-refractivity contribution in [3.05, 3.63) is 47.8 Å². The maximum Gasteiger partial charge on any atom is 0.157 e. The first kappa shape index (κ1) is 18.2. The van der Waals surface area contributed by atoms with Gasteiger partial charge >= 0.3 is 0 Å². The fourth-order valence-electron chi connectivity index (χ4n) is 4.09. The number of rotatable bonds is 5. The molecule has 29 heavy (non-hydrogen) atoms. The lowest BCUT2D eigenvalue weighted by molar-refractivity contribution is 0.166. The predicted octanol–water partition coefficient (Wildman–Crippen LogP) is 2.47. The third kappa shape index (κ3) is 3.62. The second kappa shape index (κ2) is 7.55. The van der Waals surface area contributed by atoms with Crippen molar-refractivity contribution in [3.63, 3.8) is 0 Å². The number of nitrogens with zero attached hydrogens (tertiary/aromatic N) is 4. The van der Waals surface area contributed by atoms with Crippen LogP contribution in [0.2, 0.25) is 0 Å². The Morgan fingerprint density at radius 1 is 1.03 bits per heavy atom. The van der Waals surface area contributed by atoms with E-state index in [1.807, 2.05) is 54.9 Å². The molecule has 0 amide bonds. The van der Waals surface area contributed by atoms with E-state index in [0.717, 1.165) is 56.2 Å². The standard InChI is InChI=1S/C22H27N5O2/c1-15(2)28-16-3-5-17(6-4-16)29-18-13-26(14-18)22-19-7-10-23-11-8-20(19)25-21-9-12-24-27(21)22/h3-6,9,12,15,18,23H,7-8,10-11,13-14H2,1-2H3. The van der Waals surface area contributed by atoms with Gasteiger partial charge in [-0.2, -0.15) is 9.61 Å². The van der Waals surface area contributed by atoms with Crippen LogP contribution in [0.4, 0.5) is 5.82 Å². The number of nitrogens with one attached hydrogen (secondary N) is 1. The molecule has 1 saturated heterocycles. The summed E-state index contributed by atoms with van der Waals surface area (Å²) in [5.41, 5.74) is 3.44. The number of ether oxygens (including phenoxy) is 2. The van der Waals surface area contributed by atoms with Crippen LogP contribution in [-0.4, -0.2) is 53.0 Å². The molecule has 7 heteroatoms. The molecule has 0 bridgehead atoms. The minimum absolute atomic E-state index is 0.171. The highest BCUT2D eigenvalue weighted by Gasteiger charge is 2.33. The highest BCUT2D eigenvalue weighted by Crippen LogP contribution is 2.31. The van der Waals surface area contributed by atoms with Crippen LogP contribution in [-0.2, 0) is 12.8 Å². The van der Waals surface area contributed by atoms with Crippen LogP contribution in [0.3, 0.4) is 0 Å². The molecule has 1 N–H and O–H groups in total. The summed E-state index contributed by atoms with van der Waals surface area (Å²) in [5, 5.41) is 8.02. The Bertz CT molecular complexity index is 992. The summed E-state index contributed by atoms with van der Waals surface area (Å²) >= 11 is 0. The van der Waals surface area contributed by atoms with Crippen molar-refractivity contribution in [3.8, 4) is 11.5 Å². The van der Waals surface area contributed by atoms with E-state index in [1.54, 1.807) is 0 Å². The Kier molecular flexibility index (Phi) is 4.75. The molecule has 0 spiro atoms. The van der Waals surface area contributed by atoms with Gasteiger partial charge < -0.3 is 19.7 Å². The van der Waals surface area contributed by atoms with Crippen LogP contribution in [0, 0.1) is 0 Å². The zero-order valence-electron chi connectivity index (χ0n) is 17.0. The van der Waals surface area contributed by atoms with Crippen LogP contribution in [0.1, 0.15) is 25.1 Å². The number of fused-ring (bicyclic) bond motifs is 2. The van der Waals surface area contributed by atoms with E-state index in [9.17, 15) is 0 Å². The zero-order chi connectivity index (χ0) is 19.8. The summed E-state index contributed by atoms with van der Waals surface area (Å²) in [5.74, 6) is 2.93. The van der Waals surface area contributed by atoms with Crippen molar-refractivity contribution in [2.24, 2.45) is 0 Å². The van der Waals surface area contributed by atoms with Gasteiger partial charge in [-0.05, 0) is 51.1 Å². The van der Waals surface area contributed by atoms with Gasteiger partial charge in [0.25, 0.3) is 0 Å². The van der Waals surface area contributed by atoms with E-state index in [2.05, 4.69) is 15.3 Å². The van der Waals surface area contributed by atoms with E-state index in [1.165, 1.54) is 17.1 Å². The zero-order valence-corrected chi connectivity index (χ0v) is 17.0. The third-order valence-corrected chi connectivity index (χ3v) is 5.43. The van der Waals surface area contributed by atoms with Crippen LogP contribution in [0.15, 0.2) is 36.5 Å². The van der Waals surface area contributed by atoms with Crippen LogP contribution < -0.4 is 19.7 Å². The van der Waals surface area contributed by atoms with Gasteiger partial charge in [-0.3, -0.25) is 0 Å². The van der Waals surface area contributed by atoms with E-state index < -0.39 is 0 Å². The summed E-state index contributed by atoms with van der Waals surface area (Å²) in [4.78, 5) is 7.21. The van der Waals surface area contributed by atoms with Gasteiger partial charge in [0, 0.05) is 24.6 Å². The minimum atomic E-state index is 0.171. The molecule has 5 rings (SSSR count). The van der Waals surface area contributed by atoms with Gasteiger partial charge in [-0.15, -0.1) is 0 Å². The van der Waals surface area contributed by atoms with Crippen molar-refractivity contribution in [1.29, 1.82) is 0 Å². The quantitative estimate of drug-likeness (QED) is 0.719. The Morgan fingerprint density at radius 3 is 2.59 bits per heavy atom. The summed E-state index contributed by atoms with van der Waals surface area (Å²) in [6.45, 7) is 7.71. The van der Waals surface area contributed by atoms with Crippen molar-refractivity contribution in [2.45, 2.75) is 38.9 Å².